The predicted octanol–water partition coefficient (Wildman–Crippen LogP) is 3.19. The Labute approximate surface area is 127 Å². The van der Waals surface area contributed by atoms with Crippen molar-refractivity contribution >= 4 is 23.2 Å². The van der Waals surface area contributed by atoms with Gasteiger partial charge >= 0.3 is 6.18 Å². The molecule has 0 saturated heterocycles. The fraction of sp³-hybridized carbons (Fsp3) is 0.500. The van der Waals surface area contributed by atoms with Crippen LogP contribution >= 0.6 is 11.3 Å². The second-order valence-electron chi connectivity index (χ2n) is 5.01. The zero-order valence-electron chi connectivity index (χ0n) is 11.3. The van der Waals surface area contributed by atoms with Crippen molar-refractivity contribution in [3.05, 3.63) is 21.9 Å². The van der Waals surface area contributed by atoms with Crippen molar-refractivity contribution in [3.8, 4) is 0 Å². The molecule has 0 unspecified atom stereocenters. The standard InChI is InChI=1S/C12H12F3N5OS/c13-12(14,15)10-18-11(20-19-10)17-9(21)8-7(16-5-22-8)6-3-1-2-4-6/h5-6H,1-4H2,(H2,17,18,19,20,21). The molecule has 3 rings (SSSR count). The number of halogens is 3. The third-order valence-electron chi connectivity index (χ3n) is 3.52. The number of carbonyl (C=O) groups is 1. The number of rotatable bonds is 3. The van der Waals surface area contributed by atoms with Gasteiger partial charge in [-0.05, 0) is 12.8 Å². The number of aromatic amines is 1. The van der Waals surface area contributed by atoms with Crippen LogP contribution in [0, 0.1) is 0 Å². The van der Waals surface area contributed by atoms with E-state index in [1.54, 1.807) is 10.6 Å². The molecular weight excluding hydrogens is 319 g/mol. The first kappa shape index (κ1) is 14.9. The van der Waals surface area contributed by atoms with Crippen LogP contribution in [-0.2, 0) is 6.18 Å². The van der Waals surface area contributed by atoms with Gasteiger partial charge in [0.05, 0.1) is 11.2 Å². The van der Waals surface area contributed by atoms with Gasteiger partial charge < -0.3 is 0 Å². The van der Waals surface area contributed by atoms with Crippen molar-refractivity contribution in [2.75, 3.05) is 5.32 Å². The number of amides is 1. The summed E-state index contributed by atoms with van der Waals surface area (Å²) >= 11 is 1.16. The summed E-state index contributed by atoms with van der Waals surface area (Å²) in [5, 5.41) is 7.39. The van der Waals surface area contributed by atoms with Crippen LogP contribution in [0.4, 0.5) is 19.1 Å². The van der Waals surface area contributed by atoms with Crippen LogP contribution in [0.25, 0.3) is 0 Å². The Morgan fingerprint density at radius 2 is 2.09 bits per heavy atom. The Hall–Kier alpha value is -1.97. The molecule has 0 aliphatic heterocycles. The molecule has 2 aromatic rings. The minimum Gasteiger partial charge on any atom is -0.288 e. The first-order valence-electron chi connectivity index (χ1n) is 6.69. The smallest absolute Gasteiger partial charge is 0.288 e. The van der Waals surface area contributed by atoms with E-state index in [2.05, 4.69) is 20.4 Å². The fourth-order valence-corrected chi connectivity index (χ4v) is 3.29. The lowest BCUT2D eigenvalue weighted by Gasteiger charge is -2.08. The molecule has 0 bridgehead atoms. The molecule has 6 nitrogen and oxygen atoms in total. The quantitative estimate of drug-likeness (QED) is 0.905. The van der Waals surface area contributed by atoms with Crippen molar-refractivity contribution < 1.29 is 18.0 Å². The van der Waals surface area contributed by atoms with Gasteiger partial charge in [-0.1, -0.05) is 12.8 Å². The second kappa shape index (κ2) is 5.67. The average Bonchev–Trinajstić information content (AvgIpc) is 3.18. The first-order valence-corrected chi connectivity index (χ1v) is 7.57. The lowest BCUT2D eigenvalue weighted by molar-refractivity contribution is -0.144. The summed E-state index contributed by atoms with van der Waals surface area (Å²) in [5.74, 6) is -1.94. The van der Waals surface area contributed by atoms with Crippen LogP contribution in [0.5, 0.6) is 0 Å². The summed E-state index contributed by atoms with van der Waals surface area (Å²) in [5.41, 5.74) is 2.29. The van der Waals surface area contributed by atoms with E-state index in [1.165, 1.54) is 0 Å². The van der Waals surface area contributed by atoms with Crippen LogP contribution in [0.1, 0.15) is 52.8 Å². The van der Waals surface area contributed by atoms with Gasteiger partial charge in [0, 0.05) is 5.92 Å². The number of hydrogen-bond donors (Lipinski definition) is 2. The average molecular weight is 331 g/mol. The topological polar surface area (TPSA) is 83.6 Å². The van der Waals surface area contributed by atoms with Gasteiger partial charge in [-0.15, -0.1) is 16.4 Å². The number of H-pyrrole nitrogens is 1. The summed E-state index contributed by atoms with van der Waals surface area (Å²) in [6.45, 7) is 0. The van der Waals surface area contributed by atoms with Gasteiger partial charge in [-0.3, -0.25) is 15.2 Å². The number of anilines is 1. The fourth-order valence-electron chi connectivity index (χ4n) is 2.52. The highest BCUT2D eigenvalue weighted by Gasteiger charge is 2.35. The van der Waals surface area contributed by atoms with Gasteiger partial charge in [0.2, 0.25) is 11.8 Å². The molecular formula is C12H12F3N5OS. The van der Waals surface area contributed by atoms with Gasteiger partial charge in [0.1, 0.15) is 4.88 Å². The van der Waals surface area contributed by atoms with Crippen LogP contribution in [-0.4, -0.2) is 26.1 Å². The molecule has 1 amide bonds. The van der Waals surface area contributed by atoms with Gasteiger partial charge in [-0.2, -0.15) is 18.2 Å². The molecule has 0 aromatic carbocycles. The Morgan fingerprint density at radius 1 is 1.36 bits per heavy atom. The number of thiazole rings is 1. The van der Waals surface area contributed by atoms with E-state index in [9.17, 15) is 18.0 Å². The maximum atomic E-state index is 12.4. The molecule has 10 heteroatoms. The molecule has 2 aromatic heterocycles. The first-order chi connectivity index (χ1) is 10.4. The molecule has 0 radical (unpaired) electrons. The van der Waals surface area contributed by atoms with Crippen LogP contribution in [0.3, 0.4) is 0 Å². The Balaban J connectivity index is 1.75. The summed E-state index contributed by atoms with van der Waals surface area (Å²) in [7, 11) is 0. The van der Waals surface area contributed by atoms with E-state index in [0.717, 1.165) is 37.0 Å². The summed E-state index contributed by atoms with van der Waals surface area (Å²) < 4.78 is 37.3. The zero-order chi connectivity index (χ0) is 15.7. The molecule has 22 heavy (non-hydrogen) atoms. The summed E-state index contributed by atoms with van der Waals surface area (Å²) in [6.07, 6.45) is -0.487. The van der Waals surface area contributed by atoms with Crippen LogP contribution < -0.4 is 5.32 Å². The van der Waals surface area contributed by atoms with Crippen LogP contribution in [0.15, 0.2) is 5.51 Å². The highest BCUT2D eigenvalue weighted by Crippen LogP contribution is 2.36. The maximum Gasteiger partial charge on any atom is 0.451 e. The Morgan fingerprint density at radius 3 is 2.73 bits per heavy atom. The zero-order valence-corrected chi connectivity index (χ0v) is 12.1. The normalized spacial score (nSPS) is 16.1. The van der Waals surface area contributed by atoms with Gasteiger partial charge in [-0.25, -0.2) is 4.98 Å². The molecule has 1 saturated carbocycles. The highest BCUT2D eigenvalue weighted by molar-refractivity contribution is 7.12. The number of aromatic nitrogens is 4. The molecule has 118 valence electrons. The molecule has 1 fully saturated rings. The lowest BCUT2D eigenvalue weighted by Crippen LogP contribution is -2.15. The number of nitrogens with one attached hydrogen (secondary N) is 2. The monoisotopic (exact) mass is 331 g/mol. The van der Waals surface area contributed by atoms with E-state index in [1.807, 2.05) is 0 Å². The van der Waals surface area contributed by atoms with E-state index >= 15 is 0 Å². The molecule has 2 heterocycles. The van der Waals surface area contributed by atoms with Crippen molar-refractivity contribution in [2.45, 2.75) is 37.8 Å². The number of carbonyl (C=O) groups excluding carboxylic acids is 1. The number of hydrogen-bond acceptors (Lipinski definition) is 5. The molecule has 0 spiro atoms. The largest absolute Gasteiger partial charge is 0.451 e. The molecule has 0 atom stereocenters. The van der Waals surface area contributed by atoms with E-state index in [-0.39, 0.29) is 5.92 Å². The summed E-state index contributed by atoms with van der Waals surface area (Å²) in [4.78, 5) is 20.1. The highest BCUT2D eigenvalue weighted by atomic mass is 32.1. The van der Waals surface area contributed by atoms with Gasteiger partial charge in [0.15, 0.2) is 0 Å². The maximum absolute atomic E-state index is 12.4. The Kier molecular flexibility index (Phi) is 3.85. The minimum absolute atomic E-state index is 0.241. The van der Waals surface area contributed by atoms with Crippen LogP contribution in [0.2, 0.25) is 0 Å². The van der Waals surface area contributed by atoms with Crippen molar-refractivity contribution in [2.24, 2.45) is 0 Å². The molecule has 1 aliphatic rings. The second-order valence-corrected chi connectivity index (χ2v) is 5.86. The van der Waals surface area contributed by atoms with E-state index in [0.29, 0.717) is 10.6 Å². The predicted molar refractivity (Wildman–Crippen MR) is 72.7 cm³/mol. The Bertz CT molecular complexity index is 674. The summed E-state index contributed by atoms with van der Waals surface area (Å²) in [6, 6.07) is 0. The van der Waals surface area contributed by atoms with E-state index < -0.39 is 23.9 Å². The lowest BCUT2D eigenvalue weighted by atomic mass is 10.0. The SMILES string of the molecule is O=C(Nc1n[nH]c(C(F)(F)F)n1)c1scnc1C1CCCC1. The third-order valence-corrected chi connectivity index (χ3v) is 4.36. The number of alkyl halides is 3. The third kappa shape index (κ3) is 2.96. The van der Waals surface area contributed by atoms with Crippen molar-refractivity contribution in [1.29, 1.82) is 0 Å². The van der Waals surface area contributed by atoms with E-state index in [4.69, 9.17) is 0 Å². The molecule has 2 N–H and O–H groups in total. The minimum atomic E-state index is -4.63. The number of nitrogens with zero attached hydrogens (tertiary/aromatic N) is 3. The van der Waals surface area contributed by atoms with Gasteiger partial charge in [0.25, 0.3) is 5.91 Å². The van der Waals surface area contributed by atoms with Crippen molar-refractivity contribution in [1.82, 2.24) is 20.2 Å². The molecule has 1 aliphatic carbocycles. The van der Waals surface area contributed by atoms with Crippen molar-refractivity contribution in [3.63, 3.8) is 0 Å².